The van der Waals surface area contributed by atoms with Crippen LogP contribution in [-0.4, -0.2) is 42.0 Å². The van der Waals surface area contributed by atoms with Gasteiger partial charge in [-0.3, -0.25) is 4.79 Å². The molecular formula is C20H22ClN3OS2. The van der Waals surface area contributed by atoms with Gasteiger partial charge in [0.2, 0.25) is 5.91 Å². The van der Waals surface area contributed by atoms with Crippen molar-refractivity contribution < 1.29 is 4.79 Å². The van der Waals surface area contributed by atoms with E-state index in [4.69, 9.17) is 16.6 Å². The highest BCUT2D eigenvalue weighted by molar-refractivity contribution is 7.22. The minimum atomic E-state index is 0.180. The van der Waals surface area contributed by atoms with Crippen LogP contribution in [-0.2, 0) is 11.2 Å². The smallest absolute Gasteiger partial charge is 0.227 e. The summed E-state index contributed by atoms with van der Waals surface area (Å²) in [6, 6.07) is 10.2. The highest BCUT2D eigenvalue weighted by Gasteiger charge is 2.24. The van der Waals surface area contributed by atoms with E-state index in [-0.39, 0.29) is 5.91 Å². The number of carbonyl (C=O) groups is 1. The molecule has 142 valence electrons. The summed E-state index contributed by atoms with van der Waals surface area (Å²) in [7, 11) is 0. The lowest BCUT2D eigenvalue weighted by atomic mass is 10.0. The molecule has 0 aliphatic carbocycles. The molecule has 2 aromatic heterocycles. The van der Waals surface area contributed by atoms with Gasteiger partial charge in [0, 0.05) is 31.1 Å². The second-order valence-electron chi connectivity index (χ2n) is 7.10. The zero-order valence-corrected chi connectivity index (χ0v) is 17.8. The molecule has 1 amide bonds. The summed E-state index contributed by atoms with van der Waals surface area (Å²) in [6.07, 6.45) is 0.441. The fraction of sp³-hybridized carbons (Fsp3) is 0.400. The zero-order valence-electron chi connectivity index (χ0n) is 15.4. The summed E-state index contributed by atoms with van der Waals surface area (Å²) in [5.74, 6) is 0.642. The van der Waals surface area contributed by atoms with Gasteiger partial charge in [-0.1, -0.05) is 48.9 Å². The Hall–Kier alpha value is -1.63. The number of nitrogens with zero attached hydrogens (tertiary/aromatic N) is 3. The number of hydrogen-bond donors (Lipinski definition) is 0. The van der Waals surface area contributed by atoms with Gasteiger partial charge < -0.3 is 9.80 Å². The van der Waals surface area contributed by atoms with Gasteiger partial charge in [-0.25, -0.2) is 4.98 Å². The van der Waals surface area contributed by atoms with Crippen molar-refractivity contribution in [3.8, 4) is 0 Å². The lowest BCUT2D eigenvalue weighted by molar-refractivity contribution is -0.130. The summed E-state index contributed by atoms with van der Waals surface area (Å²) in [4.78, 5) is 22.8. The van der Waals surface area contributed by atoms with Crippen LogP contribution in [0.15, 0.2) is 30.3 Å². The van der Waals surface area contributed by atoms with Crippen LogP contribution < -0.4 is 4.90 Å². The Kier molecular flexibility index (Phi) is 5.39. The van der Waals surface area contributed by atoms with Gasteiger partial charge >= 0.3 is 0 Å². The SMILES string of the molecule is CC(C)c1cccc2sc(N3CCN(C(=O)Cc4ccc(Cl)s4)CC3)nc12. The van der Waals surface area contributed by atoms with Crippen molar-refractivity contribution in [3.05, 3.63) is 45.1 Å². The van der Waals surface area contributed by atoms with E-state index in [9.17, 15) is 4.79 Å². The molecule has 3 aromatic rings. The number of fused-ring (bicyclic) bond motifs is 1. The molecule has 4 rings (SSSR count). The van der Waals surface area contributed by atoms with Gasteiger partial charge in [-0.15, -0.1) is 11.3 Å². The molecule has 27 heavy (non-hydrogen) atoms. The molecule has 0 N–H and O–H groups in total. The number of thiophene rings is 1. The van der Waals surface area contributed by atoms with Crippen LogP contribution in [0.2, 0.25) is 4.34 Å². The second kappa shape index (κ2) is 7.78. The molecule has 3 heterocycles. The Morgan fingerprint density at radius 2 is 1.93 bits per heavy atom. The third kappa shape index (κ3) is 3.98. The average Bonchev–Trinajstić information content (AvgIpc) is 3.27. The standard InChI is InChI=1S/C20H22ClN3OS2/c1-13(2)15-4-3-5-16-19(15)22-20(27-16)24-10-8-23(9-11-24)18(25)12-14-6-7-17(21)26-14/h3-7,13H,8-12H2,1-2H3. The zero-order chi connectivity index (χ0) is 19.0. The molecule has 4 nitrogen and oxygen atoms in total. The van der Waals surface area contributed by atoms with Gasteiger partial charge in [0.25, 0.3) is 0 Å². The van der Waals surface area contributed by atoms with Gasteiger partial charge in [-0.2, -0.15) is 0 Å². The quantitative estimate of drug-likeness (QED) is 0.595. The molecule has 1 aliphatic rings. The Morgan fingerprint density at radius 1 is 1.15 bits per heavy atom. The molecule has 0 radical (unpaired) electrons. The van der Waals surface area contributed by atoms with E-state index in [2.05, 4.69) is 36.9 Å². The number of rotatable bonds is 4. The third-order valence-corrected chi connectivity index (χ3v) is 7.23. The fourth-order valence-corrected chi connectivity index (χ4v) is 5.54. The summed E-state index contributed by atoms with van der Waals surface area (Å²) in [5, 5.41) is 1.07. The van der Waals surface area contributed by atoms with Crippen molar-refractivity contribution in [2.45, 2.75) is 26.2 Å². The molecule has 1 aliphatic heterocycles. The predicted octanol–water partition coefficient (Wildman–Crippen LogP) is 5.03. The van der Waals surface area contributed by atoms with Gasteiger partial charge in [0.05, 0.1) is 21.0 Å². The number of thiazole rings is 1. The van der Waals surface area contributed by atoms with Crippen molar-refractivity contribution in [2.24, 2.45) is 0 Å². The first kappa shape index (κ1) is 18.7. The predicted molar refractivity (Wildman–Crippen MR) is 116 cm³/mol. The highest BCUT2D eigenvalue weighted by atomic mass is 35.5. The van der Waals surface area contributed by atoms with E-state index >= 15 is 0 Å². The van der Waals surface area contributed by atoms with Gasteiger partial charge in [0.15, 0.2) is 5.13 Å². The van der Waals surface area contributed by atoms with E-state index in [0.717, 1.165) is 46.0 Å². The van der Waals surface area contributed by atoms with Crippen molar-refractivity contribution in [1.82, 2.24) is 9.88 Å². The number of hydrogen-bond acceptors (Lipinski definition) is 5. The molecule has 1 saturated heterocycles. The maximum Gasteiger partial charge on any atom is 0.227 e. The number of amides is 1. The van der Waals surface area contributed by atoms with Crippen LogP contribution in [0.5, 0.6) is 0 Å². The highest BCUT2D eigenvalue weighted by Crippen LogP contribution is 2.33. The number of aromatic nitrogens is 1. The Labute approximate surface area is 172 Å². The van der Waals surface area contributed by atoms with Crippen molar-refractivity contribution >= 4 is 55.5 Å². The number of piperazine rings is 1. The number of para-hydroxylation sites is 1. The van der Waals surface area contributed by atoms with Crippen LogP contribution in [0.3, 0.4) is 0 Å². The first-order valence-electron chi connectivity index (χ1n) is 9.17. The molecule has 0 saturated carbocycles. The topological polar surface area (TPSA) is 36.4 Å². The normalized spacial score (nSPS) is 15.1. The van der Waals surface area contributed by atoms with Crippen LogP contribution >= 0.6 is 34.3 Å². The van der Waals surface area contributed by atoms with Crippen molar-refractivity contribution in [1.29, 1.82) is 0 Å². The fourth-order valence-electron chi connectivity index (χ4n) is 3.41. The molecule has 1 fully saturated rings. The second-order valence-corrected chi connectivity index (χ2v) is 9.90. The van der Waals surface area contributed by atoms with Crippen LogP contribution in [0.4, 0.5) is 5.13 Å². The minimum Gasteiger partial charge on any atom is -0.345 e. The maximum absolute atomic E-state index is 12.5. The Balaban J connectivity index is 1.42. The monoisotopic (exact) mass is 419 g/mol. The number of carbonyl (C=O) groups excluding carboxylic acids is 1. The average molecular weight is 420 g/mol. The lowest BCUT2D eigenvalue weighted by Gasteiger charge is -2.34. The molecular weight excluding hydrogens is 398 g/mol. The van der Waals surface area contributed by atoms with Crippen LogP contribution in [0.1, 0.15) is 30.2 Å². The Bertz CT molecular complexity index is 957. The molecule has 7 heteroatoms. The number of benzene rings is 1. The van der Waals surface area contributed by atoms with E-state index in [1.807, 2.05) is 17.0 Å². The lowest BCUT2D eigenvalue weighted by Crippen LogP contribution is -2.49. The summed E-state index contributed by atoms with van der Waals surface area (Å²) in [5.41, 5.74) is 2.43. The summed E-state index contributed by atoms with van der Waals surface area (Å²) in [6.45, 7) is 7.55. The van der Waals surface area contributed by atoms with E-state index in [1.165, 1.54) is 21.6 Å². The molecule has 1 aromatic carbocycles. The van der Waals surface area contributed by atoms with Crippen molar-refractivity contribution in [2.75, 3.05) is 31.1 Å². The Morgan fingerprint density at radius 3 is 2.59 bits per heavy atom. The van der Waals surface area contributed by atoms with Gasteiger partial charge in [0.1, 0.15) is 0 Å². The summed E-state index contributed by atoms with van der Waals surface area (Å²) >= 11 is 9.19. The third-order valence-electron chi connectivity index (χ3n) is 4.92. The van der Waals surface area contributed by atoms with Gasteiger partial charge in [-0.05, 0) is 29.7 Å². The van der Waals surface area contributed by atoms with E-state index in [1.54, 1.807) is 11.3 Å². The largest absolute Gasteiger partial charge is 0.345 e. The van der Waals surface area contributed by atoms with Crippen molar-refractivity contribution in [3.63, 3.8) is 0 Å². The molecule has 0 spiro atoms. The summed E-state index contributed by atoms with van der Waals surface area (Å²) < 4.78 is 1.98. The van der Waals surface area contributed by atoms with Crippen LogP contribution in [0.25, 0.3) is 10.2 Å². The van der Waals surface area contributed by atoms with E-state index in [0.29, 0.717) is 12.3 Å². The number of halogens is 1. The minimum absolute atomic E-state index is 0.180. The first-order chi connectivity index (χ1) is 13.0. The maximum atomic E-state index is 12.5. The first-order valence-corrected chi connectivity index (χ1v) is 11.2. The molecule has 0 atom stereocenters. The van der Waals surface area contributed by atoms with Crippen LogP contribution in [0, 0.1) is 0 Å². The molecule has 0 bridgehead atoms. The number of anilines is 1. The van der Waals surface area contributed by atoms with E-state index < -0.39 is 0 Å². The molecule has 0 unspecified atom stereocenters.